The van der Waals surface area contributed by atoms with Gasteiger partial charge < -0.3 is 10.2 Å². The monoisotopic (exact) mass is 418 g/mol. The van der Waals surface area contributed by atoms with Crippen LogP contribution in [-0.4, -0.2) is 19.0 Å². The molecule has 1 heterocycles. The van der Waals surface area contributed by atoms with Crippen LogP contribution in [0.5, 0.6) is 0 Å². The van der Waals surface area contributed by atoms with Gasteiger partial charge in [0.15, 0.2) is 0 Å². The van der Waals surface area contributed by atoms with Gasteiger partial charge in [-0.25, -0.2) is 0 Å². The van der Waals surface area contributed by atoms with Crippen LogP contribution in [0.2, 0.25) is 0 Å². The van der Waals surface area contributed by atoms with Crippen molar-refractivity contribution >= 4 is 11.6 Å². The number of piperidine rings is 1. The first-order valence-corrected chi connectivity index (χ1v) is 12.1. The van der Waals surface area contributed by atoms with E-state index in [9.17, 15) is 4.79 Å². The van der Waals surface area contributed by atoms with Crippen molar-refractivity contribution in [1.82, 2.24) is 5.32 Å². The highest BCUT2D eigenvalue weighted by molar-refractivity contribution is 5.79. The second-order valence-corrected chi connectivity index (χ2v) is 10.7. The summed E-state index contributed by atoms with van der Waals surface area (Å²) in [6.45, 7) is 11.9. The lowest BCUT2D eigenvalue weighted by Crippen LogP contribution is -2.34. The van der Waals surface area contributed by atoms with E-state index < -0.39 is 0 Å². The molecule has 0 radical (unpaired) electrons. The van der Waals surface area contributed by atoms with Crippen LogP contribution < -0.4 is 10.2 Å². The van der Waals surface area contributed by atoms with E-state index in [1.165, 1.54) is 53.6 Å². The predicted molar refractivity (Wildman–Crippen MR) is 130 cm³/mol. The number of hydrogen-bond acceptors (Lipinski definition) is 2. The number of hydrogen-bond donors (Lipinski definition) is 1. The normalized spacial score (nSPS) is 17.0. The standard InChI is InChI=1S/C28H38N2O/c1-20-12-14-30(15-13-20)26-18-25(28(2,3)4)11-10-24(26)19-29-27(31)17-21-8-9-22-6-5-7-23(22)16-21/h8-11,16,18,20H,5-7,12-15,17,19H2,1-4H3,(H,29,31). The van der Waals surface area contributed by atoms with Crippen molar-refractivity contribution in [2.24, 2.45) is 5.92 Å². The molecule has 0 saturated carbocycles. The predicted octanol–water partition coefficient (Wildman–Crippen LogP) is 5.57. The first-order valence-electron chi connectivity index (χ1n) is 12.1. The van der Waals surface area contributed by atoms with Gasteiger partial charge in [0.25, 0.3) is 0 Å². The zero-order valence-corrected chi connectivity index (χ0v) is 19.8. The van der Waals surface area contributed by atoms with Gasteiger partial charge in [0.1, 0.15) is 0 Å². The van der Waals surface area contributed by atoms with E-state index in [-0.39, 0.29) is 11.3 Å². The van der Waals surface area contributed by atoms with Crippen LogP contribution >= 0.6 is 0 Å². The number of benzene rings is 2. The Labute approximate surface area is 188 Å². The van der Waals surface area contributed by atoms with E-state index in [4.69, 9.17) is 0 Å². The molecule has 1 fully saturated rings. The number of nitrogens with one attached hydrogen (secondary N) is 1. The Morgan fingerprint density at radius 3 is 2.52 bits per heavy atom. The lowest BCUT2D eigenvalue weighted by molar-refractivity contribution is -0.120. The number of rotatable bonds is 5. The maximum Gasteiger partial charge on any atom is 0.224 e. The summed E-state index contributed by atoms with van der Waals surface area (Å²) in [6, 6.07) is 13.4. The van der Waals surface area contributed by atoms with E-state index in [0.717, 1.165) is 31.0 Å². The minimum Gasteiger partial charge on any atom is -0.371 e. The summed E-state index contributed by atoms with van der Waals surface area (Å²) in [5, 5.41) is 3.20. The quantitative estimate of drug-likeness (QED) is 0.689. The topological polar surface area (TPSA) is 32.3 Å². The minimum atomic E-state index is 0.107. The summed E-state index contributed by atoms with van der Waals surface area (Å²) in [6.07, 6.45) is 6.53. The number of anilines is 1. The van der Waals surface area contributed by atoms with Crippen molar-refractivity contribution in [2.45, 2.75) is 78.2 Å². The summed E-state index contributed by atoms with van der Waals surface area (Å²) in [5.41, 5.74) is 8.03. The van der Waals surface area contributed by atoms with Crippen LogP contribution in [0.4, 0.5) is 5.69 Å². The number of carbonyl (C=O) groups excluding carboxylic acids is 1. The van der Waals surface area contributed by atoms with Crippen LogP contribution in [0.1, 0.15) is 74.8 Å². The highest BCUT2D eigenvalue weighted by atomic mass is 16.1. The molecule has 1 N–H and O–H groups in total. The molecule has 2 aromatic rings. The van der Waals surface area contributed by atoms with Crippen LogP contribution in [0.15, 0.2) is 36.4 Å². The molecule has 1 amide bonds. The molecule has 0 atom stereocenters. The Hall–Kier alpha value is -2.29. The van der Waals surface area contributed by atoms with E-state index in [1.54, 1.807) is 0 Å². The molecule has 166 valence electrons. The second-order valence-electron chi connectivity index (χ2n) is 10.7. The average Bonchev–Trinajstić information content (AvgIpc) is 3.20. The summed E-state index contributed by atoms with van der Waals surface area (Å²) < 4.78 is 0. The van der Waals surface area contributed by atoms with Crippen LogP contribution in [0.3, 0.4) is 0 Å². The van der Waals surface area contributed by atoms with Gasteiger partial charge in [-0.1, -0.05) is 58.0 Å². The zero-order valence-electron chi connectivity index (χ0n) is 19.8. The zero-order chi connectivity index (χ0) is 22.0. The van der Waals surface area contributed by atoms with Gasteiger partial charge in [-0.3, -0.25) is 4.79 Å². The molecule has 31 heavy (non-hydrogen) atoms. The van der Waals surface area contributed by atoms with Crippen LogP contribution in [-0.2, 0) is 36.0 Å². The fraction of sp³-hybridized carbons (Fsp3) is 0.536. The molecule has 1 aliphatic heterocycles. The second kappa shape index (κ2) is 9.06. The Morgan fingerprint density at radius 2 is 1.77 bits per heavy atom. The fourth-order valence-electron chi connectivity index (χ4n) is 4.90. The smallest absolute Gasteiger partial charge is 0.224 e. The number of aryl methyl sites for hydroxylation is 2. The van der Waals surface area contributed by atoms with Crippen LogP contribution in [0.25, 0.3) is 0 Å². The molecule has 0 bridgehead atoms. The maximum atomic E-state index is 12.7. The van der Waals surface area contributed by atoms with Gasteiger partial charge in [0.2, 0.25) is 5.91 Å². The van der Waals surface area contributed by atoms with Gasteiger partial charge in [-0.2, -0.15) is 0 Å². The number of fused-ring (bicyclic) bond motifs is 1. The van der Waals surface area contributed by atoms with Crippen LogP contribution in [0, 0.1) is 5.92 Å². The first kappa shape index (κ1) is 21.9. The molecule has 0 aromatic heterocycles. The van der Waals surface area contributed by atoms with Crippen molar-refractivity contribution in [3.63, 3.8) is 0 Å². The third-order valence-electron chi connectivity index (χ3n) is 7.08. The van der Waals surface area contributed by atoms with Crippen molar-refractivity contribution in [1.29, 1.82) is 0 Å². The van der Waals surface area contributed by atoms with Crippen molar-refractivity contribution in [3.05, 3.63) is 64.2 Å². The summed E-state index contributed by atoms with van der Waals surface area (Å²) in [5.74, 6) is 0.911. The fourth-order valence-corrected chi connectivity index (χ4v) is 4.90. The van der Waals surface area contributed by atoms with E-state index in [0.29, 0.717) is 13.0 Å². The number of carbonyl (C=O) groups is 1. The highest BCUT2D eigenvalue weighted by Gasteiger charge is 2.22. The van der Waals surface area contributed by atoms with Gasteiger partial charge >= 0.3 is 0 Å². The summed E-state index contributed by atoms with van der Waals surface area (Å²) in [7, 11) is 0. The summed E-state index contributed by atoms with van der Waals surface area (Å²) in [4.78, 5) is 15.2. The molecule has 1 aliphatic carbocycles. The molecule has 2 aromatic carbocycles. The van der Waals surface area contributed by atoms with E-state index in [1.807, 2.05) is 0 Å². The molecule has 4 rings (SSSR count). The van der Waals surface area contributed by atoms with Gasteiger partial charge in [-0.15, -0.1) is 0 Å². The molecule has 3 heteroatoms. The molecule has 1 saturated heterocycles. The largest absolute Gasteiger partial charge is 0.371 e. The maximum absolute atomic E-state index is 12.7. The molecule has 0 spiro atoms. The SMILES string of the molecule is CC1CCN(c2cc(C(C)(C)C)ccc2CNC(=O)Cc2ccc3c(c2)CCC3)CC1. The third-order valence-corrected chi connectivity index (χ3v) is 7.08. The van der Waals surface area contributed by atoms with Crippen molar-refractivity contribution in [2.75, 3.05) is 18.0 Å². The van der Waals surface area contributed by atoms with Crippen molar-refractivity contribution < 1.29 is 4.79 Å². The van der Waals surface area contributed by atoms with Gasteiger partial charge in [-0.05, 0) is 77.3 Å². The summed E-state index contributed by atoms with van der Waals surface area (Å²) >= 11 is 0. The molecule has 3 nitrogen and oxygen atoms in total. The van der Waals surface area contributed by atoms with Gasteiger partial charge in [0.05, 0.1) is 6.42 Å². The average molecular weight is 419 g/mol. The Morgan fingerprint density at radius 1 is 1.03 bits per heavy atom. The lowest BCUT2D eigenvalue weighted by atomic mass is 9.85. The highest BCUT2D eigenvalue weighted by Crippen LogP contribution is 2.32. The van der Waals surface area contributed by atoms with Crippen molar-refractivity contribution in [3.8, 4) is 0 Å². The van der Waals surface area contributed by atoms with Gasteiger partial charge in [0, 0.05) is 25.3 Å². The molecular weight excluding hydrogens is 380 g/mol. The molecule has 0 unspecified atom stereocenters. The Balaban J connectivity index is 1.46. The van der Waals surface area contributed by atoms with E-state index >= 15 is 0 Å². The first-order chi connectivity index (χ1) is 14.8. The Bertz CT molecular complexity index is 933. The minimum absolute atomic E-state index is 0.107. The third kappa shape index (κ3) is 5.31. The lowest BCUT2D eigenvalue weighted by Gasteiger charge is -2.34. The Kier molecular flexibility index (Phi) is 6.41. The van der Waals surface area contributed by atoms with E-state index in [2.05, 4.69) is 74.3 Å². The molecule has 2 aliphatic rings. The number of nitrogens with zero attached hydrogens (tertiary/aromatic N) is 1. The number of amides is 1. The molecular formula is C28H38N2O.